The van der Waals surface area contributed by atoms with Crippen molar-refractivity contribution >= 4 is 16.8 Å². The number of aromatic nitrogens is 1. The van der Waals surface area contributed by atoms with Crippen molar-refractivity contribution in [3.63, 3.8) is 0 Å². The first-order chi connectivity index (χ1) is 8.17. The molecular formula is C14H13NO2. The lowest BCUT2D eigenvalue weighted by Crippen LogP contribution is -2.01. The van der Waals surface area contributed by atoms with Crippen LogP contribution in [0.3, 0.4) is 0 Å². The molecule has 0 N–H and O–H groups in total. The van der Waals surface area contributed by atoms with E-state index < -0.39 is 0 Å². The van der Waals surface area contributed by atoms with Gasteiger partial charge < -0.3 is 9.47 Å². The zero-order chi connectivity index (χ0) is 12.0. The molecule has 0 atom stereocenters. The number of nitrogens with zero attached hydrogens (tertiary/aromatic N) is 1. The molecule has 3 rings (SSSR count). The summed E-state index contributed by atoms with van der Waals surface area (Å²) in [4.78, 5) is 4.54. The third kappa shape index (κ3) is 1.55. The molecule has 3 nitrogen and oxygen atoms in total. The molecular weight excluding hydrogens is 214 g/mol. The Kier molecular flexibility index (Phi) is 2.08. The number of ether oxygens (including phenoxy) is 2. The number of hydrogen-bond donors (Lipinski definition) is 0. The predicted molar refractivity (Wildman–Crippen MR) is 67.3 cm³/mol. The second-order valence-corrected chi connectivity index (χ2v) is 4.23. The van der Waals surface area contributed by atoms with Gasteiger partial charge in [-0.25, -0.2) is 0 Å². The number of hydrogen-bond acceptors (Lipinski definition) is 3. The van der Waals surface area contributed by atoms with E-state index in [1.165, 1.54) is 0 Å². The van der Waals surface area contributed by atoms with Crippen LogP contribution in [-0.4, -0.2) is 12.1 Å². The van der Waals surface area contributed by atoms with Crippen LogP contribution < -0.4 is 9.47 Å². The highest BCUT2D eigenvalue weighted by molar-refractivity contribution is 5.97. The molecule has 86 valence electrons. The summed E-state index contributed by atoms with van der Waals surface area (Å²) in [6, 6.07) is 5.96. The summed E-state index contributed by atoms with van der Waals surface area (Å²) in [6.07, 6.45) is 1.97. The highest BCUT2D eigenvalue weighted by Crippen LogP contribution is 2.37. The van der Waals surface area contributed by atoms with E-state index in [1.807, 2.05) is 38.1 Å². The lowest BCUT2D eigenvalue weighted by atomic mass is 10.0. The van der Waals surface area contributed by atoms with Crippen molar-refractivity contribution in [2.75, 3.05) is 7.11 Å². The molecule has 0 aliphatic carbocycles. The number of aryl methyl sites for hydroxylation is 1. The van der Waals surface area contributed by atoms with Gasteiger partial charge >= 0.3 is 0 Å². The van der Waals surface area contributed by atoms with Gasteiger partial charge in [0.1, 0.15) is 17.3 Å². The van der Waals surface area contributed by atoms with Crippen LogP contribution in [0.1, 0.15) is 18.3 Å². The molecule has 1 aromatic heterocycles. The van der Waals surface area contributed by atoms with Crippen molar-refractivity contribution in [3.05, 3.63) is 35.3 Å². The smallest absolute Gasteiger partial charge is 0.140 e. The lowest BCUT2D eigenvalue weighted by Gasteiger charge is -2.17. The maximum atomic E-state index is 5.73. The molecule has 0 bridgehead atoms. The predicted octanol–water partition coefficient (Wildman–Crippen LogP) is 3.31. The topological polar surface area (TPSA) is 31.4 Å². The maximum absolute atomic E-state index is 5.73. The van der Waals surface area contributed by atoms with Crippen LogP contribution in [0, 0.1) is 6.92 Å². The number of rotatable bonds is 1. The summed E-state index contributed by atoms with van der Waals surface area (Å²) in [5.41, 5.74) is 1.97. The van der Waals surface area contributed by atoms with E-state index in [9.17, 15) is 0 Å². The Labute approximate surface area is 99.7 Å². The Morgan fingerprint density at radius 2 is 2.00 bits per heavy atom. The molecule has 2 aromatic rings. The molecule has 0 unspecified atom stereocenters. The van der Waals surface area contributed by atoms with E-state index in [1.54, 1.807) is 7.11 Å². The molecule has 1 aliphatic heterocycles. The number of methoxy groups -OCH3 is 1. The Morgan fingerprint density at radius 1 is 1.18 bits per heavy atom. The number of benzene rings is 1. The van der Waals surface area contributed by atoms with E-state index in [4.69, 9.17) is 9.47 Å². The normalized spacial score (nSPS) is 13.2. The van der Waals surface area contributed by atoms with Crippen LogP contribution in [-0.2, 0) is 0 Å². The number of pyridine rings is 1. The minimum atomic E-state index is 0.804. The fraction of sp³-hybridized carbons (Fsp3) is 0.214. The van der Waals surface area contributed by atoms with Crippen molar-refractivity contribution in [2.45, 2.75) is 13.8 Å². The standard InChI is InChI=1S/C14H13NO2/c1-8-4-10-6-11(16-3)7-13-14(10)12(15-8)5-9(2)17-13/h4-7H,1-3H3. The van der Waals surface area contributed by atoms with Gasteiger partial charge in [0, 0.05) is 17.8 Å². The van der Waals surface area contributed by atoms with Crippen molar-refractivity contribution in [1.82, 2.24) is 4.98 Å². The maximum Gasteiger partial charge on any atom is 0.140 e. The van der Waals surface area contributed by atoms with Gasteiger partial charge in [-0.3, -0.25) is 4.98 Å². The van der Waals surface area contributed by atoms with Crippen molar-refractivity contribution < 1.29 is 9.47 Å². The first-order valence-corrected chi connectivity index (χ1v) is 5.53. The summed E-state index contributed by atoms with van der Waals surface area (Å²) in [6.45, 7) is 3.92. The zero-order valence-corrected chi connectivity index (χ0v) is 10.1. The minimum Gasteiger partial charge on any atom is -0.497 e. The quantitative estimate of drug-likeness (QED) is 0.749. The Hall–Kier alpha value is -2.03. The molecule has 1 aromatic carbocycles. The fourth-order valence-corrected chi connectivity index (χ4v) is 2.20. The summed E-state index contributed by atoms with van der Waals surface area (Å²) in [7, 11) is 1.66. The van der Waals surface area contributed by atoms with Crippen LogP contribution >= 0.6 is 0 Å². The van der Waals surface area contributed by atoms with Crippen LogP contribution in [0.2, 0.25) is 0 Å². The van der Waals surface area contributed by atoms with Crippen LogP contribution in [0.4, 0.5) is 0 Å². The third-order valence-electron chi connectivity index (χ3n) is 2.87. The summed E-state index contributed by atoms with van der Waals surface area (Å²) in [5.74, 6) is 2.48. The van der Waals surface area contributed by atoms with Gasteiger partial charge in [0.05, 0.1) is 18.2 Å². The van der Waals surface area contributed by atoms with E-state index in [-0.39, 0.29) is 0 Å². The third-order valence-corrected chi connectivity index (χ3v) is 2.87. The van der Waals surface area contributed by atoms with Crippen LogP contribution in [0.15, 0.2) is 24.0 Å². The van der Waals surface area contributed by atoms with Gasteiger partial charge in [-0.2, -0.15) is 0 Å². The molecule has 0 fully saturated rings. The van der Waals surface area contributed by atoms with Crippen LogP contribution in [0.25, 0.3) is 16.8 Å². The summed E-state index contributed by atoms with van der Waals surface area (Å²) >= 11 is 0. The second kappa shape index (κ2) is 3.48. The van der Waals surface area contributed by atoms with Gasteiger partial charge in [-0.1, -0.05) is 0 Å². The van der Waals surface area contributed by atoms with E-state index in [0.29, 0.717) is 0 Å². The molecule has 0 spiro atoms. The van der Waals surface area contributed by atoms with E-state index >= 15 is 0 Å². The lowest BCUT2D eigenvalue weighted by molar-refractivity contribution is 0.403. The second-order valence-electron chi connectivity index (χ2n) is 4.23. The van der Waals surface area contributed by atoms with Gasteiger partial charge in [-0.15, -0.1) is 0 Å². The number of allylic oxidation sites excluding steroid dienone is 1. The Bertz CT molecular complexity index is 644. The van der Waals surface area contributed by atoms with Gasteiger partial charge in [0.2, 0.25) is 0 Å². The summed E-state index contributed by atoms with van der Waals surface area (Å²) < 4.78 is 11.0. The first kappa shape index (κ1) is 10.1. The monoisotopic (exact) mass is 227 g/mol. The Balaban J connectivity index is 2.42. The van der Waals surface area contributed by atoms with E-state index in [0.717, 1.165) is 39.4 Å². The average molecular weight is 227 g/mol. The van der Waals surface area contributed by atoms with Crippen LogP contribution in [0.5, 0.6) is 11.5 Å². The molecule has 0 saturated carbocycles. The average Bonchev–Trinajstić information content (AvgIpc) is 2.26. The van der Waals surface area contributed by atoms with Crippen molar-refractivity contribution in [2.24, 2.45) is 0 Å². The van der Waals surface area contributed by atoms with E-state index in [2.05, 4.69) is 4.98 Å². The highest BCUT2D eigenvalue weighted by atomic mass is 16.5. The molecule has 0 radical (unpaired) electrons. The zero-order valence-electron chi connectivity index (χ0n) is 10.1. The SMILES string of the molecule is COc1cc2c3c(nc(C)cc3c1)C=C(C)O2. The van der Waals surface area contributed by atoms with Crippen molar-refractivity contribution in [1.29, 1.82) is 0 Å². The Morgan fingerprint density at radius 3 is 2.76 bits per heavy atom. The van der Waals surface area contributed by atoms with Gasteiger partial charge in [0.25, 0.3) is 0 Å². The fourth-order valence-electron chi connectivity index (χ4n) is 2.20. The molecule has 0 saturated heterocycles. The van der Waals surface area contributed by atoms with Gasteiger partial charge in [0.15, 0.2) is 0 Å². The highest BCUT2D eigenvalue weighted by Gasteiger charge is 2.16. The minimum absolute atomic E-state index is 0.804. The molecule has 1 aliphatic rings. The largest absolute Gasteiger partial charge is 0.497 e. The van der Waals surface area contributed by atoms with Crippen molar-refractivity contribution in [3.8, 4) is 11.5 Å². The molecule has 3 heteroatoms. The van der Waals surface area contributed by atoms with Gasteiger partial charge in [-0.05, 0) is 31.4 Å². The molecule has 0 amide bonds. The molecule has 2 heterocycles. The first-order valence-electron chi connectivity index (χ1n) is 5.53. The summed E-state index contributed by atoms with van der Waals surface area (Å²) in [5, 5.41) is 2.16. The molecule has 17 heavy (non-hydrogen) atoms.